The molecule has 0 radical (unpaired) electrons. The van der Waals surface area contributed by atoms with Gasteiger partial charge in [-0.2, -0.15) is 0 Å². The molecule has 4 heteroatoms. The lowest BCUT2D eigenvalue weighted by Gasteiger charge is -2.26. The van der Waals surface area contributed by atoms with Crippen LogP contribution in [0.25, 0.3) is 73.3 Å². The summed E-state index contributed by atoms with van der Waals surface area (Å²) >= 11 is 0. The largest absolute Gasteiger partial charge is 0.493 e. The molecular formula is C63H49N3O. The number of para-hydroxylation sites is 3. The predicted molar refractivity (Wildman–Crippen MR) is 278 cm³/mol. The summed E-state index contributed by atoms with van der Waals surface area (Å²) in [5, 5.41) is 0. The van der Waals surface area contributed by atoms with Crippen molar-refractivity contribution < 1.29 is 4.74 Å². The van der Waals surface area contributed by atoms with Gasteiger partial charge in [-0.05, 0) is 153 Å². The monoisotopic (exact) mass is 863 g/mol. The zero-order valence-electron chi connectivity index (χ0n) is 37.7. The molecule has 0 spiro atoms. The predicted octanol–water partition coefficient (Wildman–Crippen LogP) is 16.3. The average molecular weight is 864 g/mol. The van der Waals surface area contributed by atoms with Crippen molar-refractivity contribution in [3.8, 4) is 50.5 Å². The van der Waals surface area contributed by atoms with Crippen molar-refractivity contribution in [2.45, 2.75) is 32.1 Å². The molecule has 2 heterocycles. The van der Waals surface area contributed by atoms with Gasteiger partial charge in [0.05, 0.1) is 17.6 Å². The van der Waals surface area contributed by atoms with Crippen LogP contribution < -0.4 is 4.90 Å². The van der Waals surface area contributed by atoms with Crippen molar-refractivity contribution in [2.75, 3.05) is 11.5 Å². The van der Waals surface area contributed by atoms with Crippen molar-refractivity contribution in [3.63, 3.8) is 0 Å². The second-order valence-electron chi connectivity index (χ2n) is 18.2. The minimum atomic E-state index is -0.0552. The maximum absolute atomic E-state index is 6.38. The normalized spacial score (nSPS) is 14.4. The van der Waals surface area contributed by atoms with E-state index in [-0.39, 0.29) is 5.41 Å². The van der Waals surface area contributed by atoms with Crippen LogP contribution in [0, 0.1) is 0 Å². The van der Waals surface area contributed by atoms with Crippen molar-refractivity contribution in [3.05, 3.63) is 246 Å². The minimum absolute atomic E-state index is 0.0552. The van der Waals surface area contributed by atoms with Gasteiger partial charge in [0.25, 0.3) is 0 Å². The van der Waals surface area contributed by atoms with Gasteiger partial charge < -0.3 is 9.64 Å². The Morgan fingerprint density at radius 1 is 0.493 bits per heavy atom. The zero-order chi connectivity index (χ0) is 44.9. The lowest BCUT2D eigenvalue weighted by molar-refractivity contribution is 0.272. The lowest BCUT2D eigenvalue weighted by Crippen LogP contribution is -2.14. The van der Waals surface area contributed by atoms with E-state index in [0.29, 0.717) is 6.61 Å². The van der Waals surface area contributed by atoms with Crippen LogP contribution in [0.2, 0.25) is 0 Å². The molecule has 0 atom stereocenters. The summed E-state index contributed by atoms with van der Waals surface area (Å²) in [6, 6.07) is 78.9. The lowest BCUT2D eigenvalue weighted by atomic mass is 9.81. The van der Waals surface area contributed by atoms with Crippen LogP contribution in [0.5, 0.6) is 0 Å². The Labute approximate surface area is 392 Å². The molecule has 0 fully saturated rings. The molecule has 12 rings (SSSR count). The fourth-order valence-electron chi connectivity index (χ4n) is 10.3. The highest BCUT2D eigenvalue weighted by atomic mass is 16.5. The maximum atomic E-state index is 6.38. The molecule has 10 aromatic rings. The highest BCUT2D eigenvalue weighted by Gasteiger charge is 2.35. The fraction of sp³-hybridized carbons (Fsp3) is 0.0952. The molecule has 67 heavy (non-hydrogen) atoms. The van der Waals surface area contributed by atoms with Crippen LogP contribution in [0.4, 0.5) is 17.1 Å². The SMILES string of the molecule is CC1(C)c2ccccc2-c2ccc(-c3ccc(N(c4ccc(/C5=C/c6ccccc6CCCO5)cc4)c4ccc(-c5ccc(-c6nc7ccccc7n6-c6ccccc6)cc5)cc4)cc3)cc21. The van der Waals surface area contributed by atoms with Crippen molar-refractivity contribution >= 4 is 39.9 Å². The molecule has 1 aliphatic heterocycles. The number of hydrogen-bond donors (Lipinski definition) is 0. The molecule has 0 bridgehead atoms. The molecule has 0 unspecified atom stereocenters. The number of fused-ring (bicyclic) bond motifs is 5. The van der Waals surface area contributed by atoms with Gasteiger partial charge in [-0.15, -0.1) is 0 Å². The Balaban J connectivity index is 0.880. The van der Waals surface area contributed by atoms with Crippen molar-refractivity contribution in [2.24, 2.45) is 0 Å². The minimum Gasteiger partial charge on any atom is -0.493 e. The molecule has 0 saturated heterocycles. The summed E-state index contributed by atoms with van der Waals surface area (Å²) in [4.78, 5) is 7.44. The molecule has 9 aromatic carbocycles. The number of nitrogens with zero attached hydrogens (tertiary/aromatic N) is 3. The first-order valence-corrected chi connectivity index (χ1v) is 23.4. The van der Waals surface area contributed by atoms with Crippen LogP contribution in [0.1, 0.15) is 48.1 Å². The third kappa shape index (κ3) is 7.32. The summed E-state index contributed by atoms with van der Waals surface area (Å²) in [6.45, 7) is 5.38. The highest BCUT2D eigenvalue weighted by molar-refractivity contribution is 5.87. The number of hydrogen-bond acceptors (Lipinski definition) is 3. The summed E-state index contributed by atoms with van der Waals surface area (Å²) in [5.74, 6) is 1.83. The molecule has 322 valence electrons. The van der Waals surface area contributed by atoms with Gasteiger partial charge in [0.1, 0.15) is 11.6 Å². The Morgan fingerprint density at radius 3 is 1.78 bits per heavy atom. The molecule has 0 N–H and O–H groups in total. The van der Waals surface area contributed by atoms with E-state index in [2.05, 4.69) is 242 Å². The van der Waals surface area contributed by atoms with Crippen LogP contribution in [-0.2, 0) is 16.6 Å². The number of imidazole rings is 1. The summed E-state index contributed by atoms with van der Waals surface area (Å²) in [6.07, 6.45) is 4.21. The van der Waals surface area contributed by atoms with Crippen molar-refractivity contribution in [1.82, 2.24) is 9.55 Å². The van der Waals surface area contributed by atoms with Crippen LogP contribution in [-0.4, -0.2) is 16.2 Å². The van der Waals surface area contributed by atoms with Gasteiger partial charge in [0, 0.05) is 39.3 Å². The molecule has 0 amide bonds. The molecule has 1 aromatic heterocycles. The quantitative estimate of drug-likeness (QED) is 0.152. The Bertz CT molecular complexity index is 3450. The standard InChI is InChI=1S/C63H49N3O/c1-63(2)57-19-9-8-18-55(57)56-39-32-50(41-58(56)63)46-28-35-53(36-29-46)65(54-37-30-47(31-38-54)61-42-49-14-7-6-13-43(49)15-12-40-67-61)52-33-26-45(27-34-52)44-22-24-48(25-23-44)62-64-59-20-10-11-21-60(59)66(62)51-16-4-3-5-17-51/h3-11,13-14,16-39,41-42H,12,15,40H2,1-2H3/b61-42-. The number of ether oxygens (including phenoxy) is 1. The smallest absolute Gasteiger partial charge is 0.145 e. The first kappa shape index (κ1) is 40.3. The first-order chi connectivity index (χ1) is 33.0. The van der Waals surface area contributed by atoms with E-state index in [9.17, 15) is 0 Å². The highest BCUT2D eigenvalue weighted by Crippen LogP contribution is 2.50. The van der Waals surface area contributed by atoms with E-state index >= 15 is 0 Å². The van der Waals surface area contributed by atoms with Crippen LogP contribution >= 0.6 is 0 Å². The molecule has 2 aliphatic rings. The number of rotatable bonds is 8. The van der Waals surface area contributed by atoms with Gasteiger partial charge in [-0.1, -0.05) is 153 Å². The average Bonchev–Trinajstić information content (AvgIpc) is 3.87. The Morgan fingerprint density at radius 2 is 1.04 bits per heavy atom. The van der Waals surface area contributed by atoms with E-state index in [0.717, 1.165) is 80.5 Å². The fourth-order valence-corrected chi connectivity index (χ4v) is 10.3. The molecule has 1 aliphatic carbocycles. The maximum Gasteiger partial charge on any atom is 0.145 e. The molecule has 4 nitrogen and oxygen atoms in total. The van der Waals surface area contributed by atoms with Crippen LogP contribution in [0.3, 0.4) is 0 Å². The summed E-state index contributed by atoms with van der Waals surface area (Å²) in [7, 11) is 0. The van der Waals surface area contributed by atoms with Gasteiger partial charge in [0.15, 0.2) is 0 Å². The summed E-state index contributed by atoms with van der Waals surface area (Å²) in [5.41, 5.74) is 21.2. The van der Waals surface area contributed by atoms with E-state index in [1.54, 1.807) is 0 Å². The van der Waals surface area contributed by atoms with Crippen molar-refractivity contribution in [1.29, 1.82) is 0 Å². The van der Waals surface area contributed by atoms with E-state index in [1.807, 2.05) is 6.07 Å². The number of anilines is 3. The Kier molecular flexibility index (Phi) is 10.0. The number of aryl methyl sites for hydroxylation is 1. The number of aromatic nitrogens is 2. The third-order valence-electron chi connectivity index (χ3n) is 13.8. The van der Waals surface area contributed by atoms with E-state index < -0.39 is 0 Å². The molecular weight excluding hydrogens is 815 g/mol. The number of benzene rings is 9. The van der Waals surface area contributed by atoms with Gasteiger partial charge in [-0.3, -0.25) is 4.57 Å². The molecule has 0 saturated carbocycles. The van der Waals surface area contributed by atoms with E-state index in [1.165, 1.54) is 44.5 Å². The second kappa shape index (κ2) is 16.7. The van der Waals surface area contributed by atoms with Gasteiger partial charge in [0.2, 0.25) is 0 Å². The van der Waals surface area contributed by atoms with Gasteiger partial charge >= 0.3 is 0 Å². The zero-order valence-corrected chi connectivity index (χ0v) is 37.7. The Hall–Kier alpha value is -8.21. The topological polar surface area (TPSA) is 30.3 Å². The third-order valence-corrected chi connectivity index (χ3v) is 13.8. The van der Waals surface area contributed by atoms with E-state index in [4.69, 9.17) is 9.72 Å². The van der Waals surface area contributed by atoms with Crippen LogP contribution in [0.15, 0.2) is 218 Å². The summed E-state index contributed by atoms with van der Waals surface area (Å²) < 4.78 is 8.63. The second-order valence-corrected chi connectivity index (χ2v) is 18.2. The van der Waals surface area contributed by atoms with Gasteiger partial charge in [-0.25, -0.2) is 4.98 Å². The first-order valence-electron chi connectivity index (χ1n) is 23.4.